The minimum absolute atomic E-state index is 0.0889. The molecule has 126 valence electrons. The van der Waals surface area contributed by atoms with E-state index in [2.05, 4.69) is 9.97 Å². The quantitative estimate of drug-likeness (QED) is 0.781. The third-order valence-corrected chi connectivity index (χ3v) is 4.02. The van der Waals surface area contributed by atoms with E-state index in [0.29, 0.717) is 24.5 Å². The minimum Gasteiger partial charge on any atom is -0.477 e. The molecule has 0 bridgehead atoms. The maximum atomic E-state index is 12.4. The molecule has 1 aromatic carbocycles. The van der Waals surface area contributed by atoms with Crippen molar-refractivity contribution in [2.75, 3.05) is 0 Å². The number of nitrogens with zero attached hydrogens (tertiary/aromatic N) is 4. The van der Waals surface area contributed by atoms with Crippen LogP contribution in [0.1, 0.15) is 16.8 Å². The van der Waals surface area contributed by atoms with Crippen molar-refractivity contribution in [2.45, 2.75) is 19.5 Å². The van der Waals surface area contributed by atoms with Gasteiger partial charge in [-0.2, -0.15) is 4.98 Å². The predicted molar refractivity (Wildman–Crippen MR) is 87.8 cm³/mol. The first-order chi connectivity index (χ1) is 12.1. The van der Waals surface area contributed by atoms with Gasteiger partial charge < -0.3 is 9.84 Å². The third-order valence-electron chi connectivity index (χ3n) is 4.02. The van der Waals surface area contributed by atoms with Gasteiger partial charge in [-0.3, -0.25) is 9.48 Å². The molecule has 1 aliphatic rings. The Kier molecular flexibility index (Phi) is 3.57. The van der Waals surface area contributed by atoms with Gasteiger partial charge in [0, 0.05) is 19.3 Å². The molecule has 8 heteroatoms. The molecule has 8 nitrogen and oxygen atoms in total. The highest BCUT2D eigenvalue weighted by molar-refractivity contribution is 5.94. The number of benzene rings is 1. The van der Waals surface area contributed by atoms with Gasteiger partial charge in [-0.1, -0.05) is 18.2 Å². The van der Waals surface area contributed by atoms with Gasteiger partial charge in [0.2, 0.25) is 0 Å². The van der Waals surface area contributed by atoms with Gasteiger partial charge in [0.05, 0.1) is 5.69 Å². The van der Waals surface area contributed by atoms with Crippen molar-refractivity contribution in [2.24, 2.45) is 0 Å². The number of para-hydroxylation sites is 1. The second-order valence-electron chi connectivity index (χ2n) is 5.57. The molecule has 3 heterocycles. The van der Waals surface area contributed by atoms with Crippen molar-refractivity contribution in [3.8, 4) is 23.1 Å². The number of carboxylic acids is 1. The van der Waals surface area contributed by atoms with Crippen LogP contribution in [0.5, 0.6) is 11.8 Å². The highest BCUT2D eigenvalue weighted by atomic mass is 16.5. The molecular weight excluding hydrogens is 324 g/mol. The molecule has 25 heavy (non-hydrogen) atoms. The fraction of sp³-hybridized carbons (Fsp3) is 0.176. The largest absolute Gasteiger partial charge is 0.477 e. The number of fused-ring (bicyclic) bond motifs is 1. The van der Waals surface area contributed by atoms with Crippen LogP contribution < -0.4 is 10.3 Å². The summed E-state index contributed by atoms with van der Waals surface area (Å²) in [6.45, 7) is 1.06. The average molecular weight is 338 g/mol. The molecule has 1 aliphatic heterocycles. The first kappa shape index (κ1) is 15.1. The Labute approximate surface area is 141 Å². The average Bonchev–Trinajstić information content (AvgIpc) is 3.18. The number of hydrogen-bond donors (Lipinski definition) is 1. The molecule has 4 rings (SSSR count). The van der Waals surface area contributed by atoms with Crippen LogP contribution in [-0.4, -0.2) is 30.4 Å². The molecule has 0 unspecified atom stereocenters. The summed E-state index contributed by atoms with van der Waals surface area (Å²) in [5.74, 6) is -0.698. The van der Waals surface area contributed by atoms with Crippen LogP contribution in [0.4, 0.5) is 0 Å². The van der Waals surface area contributed by atoms with Gasteiger partial charge in [-0.15, -0.1) is 0 Å². The van der Waals surface area contributed by atoms with Gasteiger partial charge in [0.1, 0.15) is 11.4 Å². The predicted octanol–water partition coefficient (Wildman–Crippen LogP) is 2.00. The molecule has 0 amide bonds. The lowest BCUT2D eigenvalue weighted by Gasteiger charge is -2.08. The van der Waals surface area contributed by atoms with Crippen LogP contribution in [0.3, 0.4) is 0 Å². The fourth-order valence-electron chi connectivity index (χ4n) is 2.98. The van der Waals surface area contributed by atoms with Gasteiger partial charge in [0.15, 0.2) is 5.56 Å². The van der Waals surface area contributed by atoms with E-state index in [1.807, 2.05) is 18.2 Å². The zero-order chi connectivity index (χ0) is 17.4. The Bertz CT molecular complexity index is 1010. The molecule has 3 aromatic rings. The molecule has 0 saturated carbocycles. The second-order valence-corrected chi connectivity index (χ2v) is 5.57. The SMILES string of the molecule is O=C(O)c1c(-c2ccnc(Oc3ccccc3)n2)n2n(c1=O)CCC2. The summed E-state index contributed by atoms with van der Waals surface area (Å²) >= 11 is 0. The highest BCUT2D eigenvalue weighted by Gasteiger charge is 2.29. The van der Waals surface area contributed by atoms with Crippen LogP contribution in [0.25, 0.3) is 11.4 Å². The topological polar surface area (TPSA) is 99.2 Å². The number of rotatable bonds is 4. The highest BCUT2D eigenvalue weighted by Crippen LogP contribution is 2.26. The summed E-state index contributed by atoms with van der Waals surface area (Å²) in [4.78, 5) is 32.3. The van der Waals surface area contributed by atoms with E-state index >= 15 is 0 Å². The molecule has 0 saturated heterocycles. The second kappa shape index (κ2) is 5.90. The number of hydrogen-bond acceptors (Lipinski definition) is 5. The zero-order valence-electron chi connectivity index (χ0n) is 13.1. The van der Waals surface area contributed by atoms with Gasteiger partial charge in [-0.25, -0.2) is 14.5 Å². The Morgan fingerprint density at radius 1 is 1.12 bits per heavy atom. The van der Waals surface area contributed by atoms with Crippen molar-refractivity contribution in [1.29, 1.82) is 0 Å². The minimum atomic E-state index is -1.27. The Balaban J connectivity index is 1.81. The number of aromatic nitrogens is 4. The zero-order valence-corrected chi connectivity index (χ0v) is 13.1. The van der Waals surface area contributed by atoms with Crippen LogP contribution >= 0.6 is 0 Å². The summed E-state index contributed by atoms with van der Waals surface area (Å²) in [7, 11) is 0. The standard InChI is InChI=1S/C17H14N4O4/c22-15-13(16(23)24)14(20-9-4-10-21(15)20)12-7-8-18-17(19-12)25-11-5-2-1-3-6-11/h1-3,5-8H,4,9-10H2,(H,23,24). The van der Waals surface area contributed by atoms with Gasteiger partial charge in [0.25, 0.3) is 5.56 Å². The Morgan fingerprint density at radius 3 is 2.64 bits per heavy atom. The van der Waals surface area contributed by atoms with E-state index in [9.17, 15) is 14.7 Å². The van der Waals surface area contributed by atoms with Gasteiger partial charge in [-0.05, 0) is 24.6 Å². The molecule has 0 aliphatic carbocycles. The molecule has 1 N–H and O–H groups in total. The lowest BCUT2D eigenvalue weighted by molar-refractivity contribution is 0.0696. The van der Waals surface area contributed by atoms with E-state index in [1.165, 1.54) is 10.9 Å². The molecule has 0 fully saturated rings. The maximum Gasteiger partial charge on any atom is 0.343 e. The summed E-state index contributed by atoms with van der Waals surface area (Å²) in [5.41, 5.74) is -0.153. The van der Waals surface area contributed by atoms with Crippen molar-refractivity contribution >= 4 is 5.97 Å². The fourth-order valence-corrected chi connectivity index (χ4v) is 2.98. The van der Waals surface area contributed by atoms with Crippen molar-refractivity contribution in [1.82, 2.24) is 19.3 Å². The summed E-state index contributed by atoms with van der Waals surface area (Å²) in [5, 5.41) is 9.47. The first-order valence-corrected chi connectivity index (χ1v) is 7.78. The van der Waals surface area contributed by atoms with E-state index in [-0.39, 0.29) is 17.3 Å². The molecule has 0 radical (unpaired) electrons. The van der Waals surface area contributed by atoms with Crippen molar-refractivity contribution < 1.29 is 14.6 Å². The number of aromatic carboxylic acids is 1. The van der Waals surface area contributed by atoms with E-state index in [1.54, 1.807) is 22.9 Å². The number of carbonyl (C=O) groups is 1. The number of carboxylic acid groups (broad SMARTS) is 1. The third kappa shape index (κ3) is 2.57. The molecule has 0 atom stereocenters. The van der Waals surface area contributed by atoms with E-state index < -0.39 is 11.5 Å². The van der Waals surface area contributed by atoms with E-state index in [0.717, 1.165) is 6.42 Å². The monoisotopic (exact) mass is 338 g/mol. The molecule has 0 spiro atoms. The van der Waals surface area contributed by atoms with Gasteiger partial charge >= 0.3 is 12.0 Å². The van der Waals surface area contributed by atoms with Crippen molar-refractivity contribution in [3.63, 3.8) is 0 Å². The van der Waals surface area contributed by atoms with Crippen LogP contribution in [0.15, 0.2) is 47.4 Å². The molecule has 2 aromatic heterocycles. The van der Waals surface area contributed by atoms with Crippen molar-refractivity contribution in [3.05, 3.63) is 58.5 Å². The van der Waals surface area contributed by atoms with Crippen LogP contribution in [0, 0.1) is 0 Å². The summed E-state index contributed by atoms with van der Waals surface area (Å²) in [6.07, 6.45) is 2.26. The summed E-state index contributed by atoms with van der Waals surface area (Å²) in [6, 6.07) is 10.7. The Hall–Kier alpha value is -3.42. The van der Waals surface area contributed by atoms with Crippen LogP contribution in [-0.2, 0) is 13.1 Å². The maximum absolute atomic E-state index is 12.4. The smallest absolute Gasteiger partial charge is 0.343 e. The normalized spacial score (nSPS) is 12.8. The first-order valence-electron chi connectivity index (χ1n) is 7.78. The lowest BCUT2D eigenvalue weighted by atomic mass is 10.2. The Morgan fingerprint density at radius 2 is 1.88 bits per heavy atom. The van der Waals surface area contributed by atoms with E-state index in [4.69, 9.17) is 4.74 Å². The lowest BCUT2D eigenvalue weighted by Crippen LogP contribution is -2.20. The summed E-state index contributed by atoms with van der Waals surface area (Å²) < 4.78 is 8.71. The van der Waals surface area contributed by atoms with Crippen LogP contribution in [0.2, 0.25) is 0 Å². The number of ether oxygens (including phenoxy) is 1. The molecular formula is C17H14N4O4.